The van der Waals surface area contributed by atoms with Gasteiger partial charge in [0.25, 0.3) is 0 Å². The average Bonchev–Trinajstić information content (AvgIpc) is 2.95. The Hall–Kier alpha value is -1.97. The third kappa shape index (κ3) is 5.27. The Bertz CT molecular complexity index is 890. The summed E-state index contributed by atoms with van der Waals surface area (Å²) >= 11 is 0. The molecule has 0 radical (unpaired) electrons. The lowest BCUT2D eigenvalue weighted by Crippen LogP contribution is -2.25. The van der Waals surface area contributed by atoms with Crippen LogP contribution in [-0.4, -0.2) is 62.0 Å². The van der Waals surface area contributed by atoms with Gasteiger partial charge < -0.3 is 14.6 Å². The Kier molecular flexibility index (Phi) is 7.34. The van der Waals surface area contributed by atoms with Gasteiger partial charge in [0.05, 0.1) is 15.9 Å². The highest BCUT2D eigenvalue weighted by Gasteiger charge is 2.19. The number of hydrogen-bond donors (Lipinski definition) is 1. The number of nitrogens with zero attached hydrogens (tertiary/aromatic N) is 3. The Morgan fingerprint density at radius 1 is 1.33 bits per heavy atom. The minimum Gasteiger partial charge on any atom is -0.382 e. The van der Waals surface area contributed by atoms with Gasteiger partial charge in [-0.3, -0.25) is 4.79 Å². The molecule has 0 saturated carbocycles. The summed E-state index contributed by atoms with van der Waals surface area (Å²) < 4.78 is 32.9. The fourth-order valence-corrected chi connectivity index (χ4v) is 3.61. The standard InChI is InChI=1S/C18H28N4O4S/c1-5-26-12-6-11-19-18(23)10-9-17-20-15-13-14(27(24,25)21(2)3)7-8-16(15)22(17)4/h7-8,13H,5-6,9-12H2,1-4H3,(H,19,23). The normalized spacial score (nSPS) is 12.0. The van der Waals surface area contributed by atoms with Crippen molar-refractivity contribution in [2.24, 2.45) is 7.05 Å². The lowest BCUT2D eigenvalue weighted by molar-refractivity contribution is -0.121. The Labute approximate surface area is 160 Å². The van der Waals surface area contributed by atoms with Gasteiger partial charge in [-0.15, -0.1) is 0 Å². The molecule has 0 aliphatic heterocycles. The number of aromatic nitrogens is 2. The van der Waals surface area contributed by atoms with Crippen molar-refractivity contribution < 1.29 is 17.9 Å². The third-order valence-corrected chi connectivity index (χ3v) is 6.10. The van der Waals surface area contributed by atoms with Crippen LogP contribution < -0.4 is 5.32 Å². The highest BCUT2D eigenvalue weighted by Crippen LogP contribution is 2.21. The van der Waals surface area contributed by atoms with E-state index in [1.807, 2.05) is 18.5 Å². The molecule has 1 N–H and O–H groups in total. The number of nitrogens with one attached hydrogen (secondary N) is 1. The van der Waals surface area contributed by atoms with E-state index >= 15 is 0 Å². The molecular formula is C18H28N4O4S. The molecule has 0 atom stereocenters. The molecule has 9 heteroatoms. The molecular weight excluding hydrogens is 368 g/mol. The second kappa shape index (κ2) is 9.29. The van der Waals surface area contributed by atoms with E-state index in [9.17, 15) is 13.2 Å². The van der Waals surface area contributed by atoms with E-state index in [4.69, 9.17) is 4.74 Å². The van der Waals surface area contributed by atoms with E-state index in [0.717, 1.165) is 17.8 Å². The molecule has 2 aromatic rings. The second-order valence-electron chi connectivity index (χ2n) is 6.43. The van der Waals surface area contributed by atoms with Crippen molar-refractivity contribution >= 4 is 27.0 Å². The van der Waals surface area contributed by atoms with E-state index in [0.29, 0.717) is 38.1 Å². The first-order valence-electron chi connectivity index (χ1n) is 8.99. The molecule has 1 amide bonds. The summed E-state index contributed by atoms with van der Waals surface area (Å²) in [6.45, 7) is 3.85. The molecule has 0 unspecified atom stereocenters. The van der Waals surface area contributed by atoms with Crippen molar-refractivity contribution in [1.29, 1.82) is 0 Å². The monoisotopic (exact) mass is 396 g/mol. The molecule has 1 aromatic heterocycles. The van der Waals surface area contributed by atoms with Crippen LogP contribution in [0.1, 0.15) is 25.6 Å². The van der Waals surface area contributed by atoms with Crippen LogP contribution in [0.15, 0.2) is 23.1 Å². The largest absolute Gasteiger partial charge is 0.382 e. The van der Waals surface area contributed by atoms with Crippen LogP contribution >= 0.6 is 0 Å². The van der Waals surface area contributed by atoms with Gasteiger partial charge in [-0.2, -0.15) is 0 Å². The van der Waals surface area contributed by atoms with E-state index < -0.39 is 10.0 Å². The third-order valence-electron chi connectivity index (χ3n) is 4.29. The summed E-state index contributed by atoms with van der Waals surface area (Å²) in [7, 11) is 1.35. The van der Waals surface area contributed by atoms with Gasteiger partial charge in [0.1, 0.15) is 5.82 Å². The van der Waals surface area contributed by atoms with E-state index in [1.54, 1.807) is 18.2 Å². The molecule has 1 aromatic carbocycles. The molecule has 0 bridgehead atoms. The summed E-state index contributed by atoms with van der Waals surface area (Å²) in [5.74, 6) is 0.711. The number of sulfonamides is 1. The zero-order valence-electron chi connectivity index (χ0n) is 16.4. The number of ether oxygens (including phenoxy) is 1. The first-order valence-corrected chi connectivity index (χ1v) is 10.4. The van der Waals surface area contributed by atoms with Gasteiger partial charge in [0, 0.05) is 53.7 Å². The molecule has 0 saturated heterocycles. The van der Waals surface area contributed by atoms with Crippen molar-refractivity contribution in [3.63, 3.8) is 0 Å². The fraction of sp³-hybridized carbons (Fsp3) is 0.556. The zero-order chi connectivity index (χ0) is 20.0. The number of rotatable bonds is 10. The van der Waals surface area contributed by atoms with Crippen LogP contribution in [0.5, 0.6) is 0 Å². The lowest BCUT2D eigenvalue weighted by Gasteiger charge is -2.10. The summed E-state index contributed by atoms with van der Waals surface area (Å²) in [6.07, 6.45) is 1.60. The minimum atomic E-state index is -3.51. The highest BCUT2D eigenvalue weighted by atomic mass is 32.2. The fourth-order valence-electron chi connectivity index (χ4n) is 2.68. The van der Waals surface area contributed by atoms with Gasteiger partial charge in [0.15, 0.2) is 0 Å². The Morgan fingerprint density at radius 3 is 2.74 bits per heavy atom. The SMILES string of the molecule is CCOCCCNC(=O)CCc1nc2cc(S(=O)(=O)N(C)C)ccc2n1C. The van der Waals surface area contributed by atoms with E-state index in [-0.39, 0.29) is 10.8 Å². The van der Waals surface area contributed by atoms with Crippen molar-refractivity contribution in [1.82, 2.24) is 19.2 Å². The second-order valence-corrected chi connectivity index (χ2v) is 8.58. The number of aryl methyl sites for hydroxylation is 2. The summed E-state index contributed by atoms with van der Waals surface area (Å²) in [5.41, 5.74) is 1.44. The summed E-state index contributed by atoms with van der Waals surface area (Å²) in [4.78, 5) is 16.7. The minimum absolute atomic E-state index is 0.0329. The molecule has 8 nitrogen and oxygen atoms in total. The Balaban J connectivity index is 2.03. The summed E-state index contributed by atoms with van der Waals surface area (Å²) in [6, 6.07) is 4.90. The number of benzene rings is 1. The van der Waals surface area contributed by atoms with Crippen LogP contribution in [0.4, 0.5) is 0 Å². The van der Waals surface area contributed by atoms with Crippen LogP contribution in [0, 0.1) is 0 Å². The quantitative estimate of drug-likeness (QED) is 0.611. The maximum Gasteiger partial charge on any atom is 0.242 e. The van der Waals surface area contributed by atoms with Crippen LogP contribution in [-0.2, 0) is 33.0 Å². The van der Waals surface area contributed by atoms with Gasteiger partial charge >= 0.3 is 0 Å². The lowest BCUT2D eigenvalue weighted by atomic mass is 10.2. The predicted octanol–water partition coefficient (Wildman–Crippen LogP) is 1.30. The van der Waals surface area contributed by atoms with Gasteiger partial charge in [-0.25, -0.2) is 17.7 Å². The van der Waals surface area contributed by atoms with Crippen molar-refractivity contribution in [2.45, 2.75) is 31.1 Å². The molecule has 1 heterocycles. The number of imidazole rings is 1. The van der Waals surface area contributed by atoms with Gasteiger partial charge in [-0.1, -0.05) is 0 Å². The number of hydrogen-bond acceptors (Lipinski definition) is 5. The maximum absolute atomic E-state index is 12.3. The number of fused-ring (bicyclic) bond motifs is 1. The number of amides is 1. The molecule has 0 aliphatic rings. The smallest absolute Gasteiger partial charge is 0.242 e. The molecule has 0 fully saturated rings. The highest BCUT2D eigenvalue weighted by molar-refractivity contribution is 7.89. The summed E-state index contributed by atoms with van der Waals surface area (Å²) in [5, 5.41) is 2.87. The van der Waals surface area contributed by atoms with Crippen LogP contribution in [0.25, 0.3) is 11.0 Å². The maximum atomic E-state index is 12.3. The number of carbonyl (C=O) groups excluding carboxylic acids is 1. The predicted molar refractivity (Wildman–Crippen MR) is 104 cm³/mol. The molecule has 150 valence electrons. The molecule has 0 spiro atoms. The van der Waals surface area contributed by atoms with Gasteiger partial charge in [-0.05, 0) is 31.5 Å². The van der Waals surface area contributed by atoms with Gasteiger partial charge in [0.2, 0.25) is 15.9 Å². The van der Waals surface area contributed by atoms with Crippen molar-refractivity contribution in [2.75, 3.05) is 33.9 Å². The van der Waals surface area contributed by atoms with E-state index in [1.165, 1.54) is 18.4 Å². The van der Waals surface area contributed by atoms with Crippen LogP contribution in [0.2, 0.25) is 0 Å². The van der Waals surface area contributed by atoms with Crippen LogP contribution in [0.3, 0.4) is 0 Å². The van der Waals surface area contributed by atoms with Crippen molar-refractivity contribution in [3.8, 4) is 0 Å². The first kappa shape index (κ1) is 21.3. The van der Waals surface area contributed by atoms with E-state index in [2.05, 4.69) is 10.3 Å². The first-order chi connectivity index (χ1) is 12.8. The topological polar surface area (TPSA) is 93.5 Å². The Morgan fingerprint density at radius 2 is 2.07 bits per heavy atom. The number of carbonyl (C=O) groups is 1. The molecule has 27 heavy (non-hydrogen) atoms. The molecule has 0 aliphatic carbocycles. The average molecular weight is 397 g/mol. The zero-order valence-corrected chi connectivity index (χ0v) is 17.2. The molecule has 2 rings (SSSR count). The van der Waals surface area contributed by atoms with Crippen molar-refractivity contribution in [3.05, 3.63) is 24.0 Å².